The first kappa shape index (κ1) is 9.23. The molecule has 0 amide bonds. The van der Waals surface area contributed by atoms with Crippen LogP contribution in [0.1, 0.15) is 26.7 Å². The molecule has 1 heteroatoms. The number of carbonyl (C=O) groups is 1. The van der Waals surface area contributed by atoms with Crippen molar-refractivity contribution in [3.63, 3.8) is 0 Å². The zero-order valence-electron chi connectivity index (χ0n) is 6.63. The molecule has 0 aliphatic rings. The zero-order chi connectivity index (χ0) is 7.98. The van der Waals surface area contributed by atoms with E-state index in [4.69, 9.17) is 6.42 Å². The summed E-state index contributed by atoms with van der Waals surface area (Å²) in [7, 11) is 0. The van der Waals surface area contributed by atoms with Crippen molar-refractivity contribution in [3.8, 4) is 12.3 Å². The van der Waals surface area contributed by atoms with Gasteiger partial charge in [-0.05, 0) is 6.42 Å². The third-order valence-corrected chi connectivity index (χ3v) is 1.66. The van der Waals surface area contributed by atoms with E-state index in [9.17, 15) is 4.79 Å². The van der Waals surface area contributed by atoms with E-state index in [0.717, 1.165) is 19.1 Å². The average molecular weight is 138 g/mol. The monoisotopic (exact) mass is 138 g/mol. The Labute approximate surface area is 62.8 Å². The van der Waals surface area contributed by atoms with Crippen LogP contribution in [0.25, 0.3) is 0 Å². The Morgan fingerprint density at radius 2 is 2.30 bits per heavy atom. The molecular formula is C9H14O. The smallest absolute Gasteiger partial charge is 0.124 e. The zero-order valence-corrected chi connectivity index (χ0v) is 6.63. The van der Waals surface area contributed by atoms with E-state index >= 15 is 0 Å². The molecule has 1 nitrogen and oxygen atoms in total. The van der Waals surface area contributed by atoms with E-state index < -0.39 is 0 Å². The Hall–Kier alpha value is -0.770. The minimum Gasteiger partial charge on any atom is -0.303 e. The number of hydrogen-bond acceptors (Lipinski definition) is 1. The summed E-state index contributed by atoms with van der Waals surface area (Å²) in [6.07, 6.45) is 8.16. The van der Waals surface area contributed by atoms with Gasteiger partial charge < -0.3 is 4.79 Å². The first-order chi connectivity index (χ1) is 4.76. The lowest BCUT2D eigenvalue weighted by molar-refractivity contribution is -0.111. The summed E-state index contributed by atoms with van der Waals surface area (Å²) in [5.74, 6) is 2.78. The topological polar surface area (TPSA) is 17.1 Å². The Bertz CT molecular complexity index is 132. The molecule has 2 unspecified atom stereocenters. The maximum absolute atomic E-state index is 10.3. The molecule has 0 aromatic rings. The maximum atomic E-state index is 10.3. The summed E-state index contributed by atoms with van der Waals surface area (Å²) in [6, 6.07) is 0. The van der Waals surface area contributed by atoms with Crippen LogP contribution in [0.3, 0.4) is 0 Å². The fourth-order valence-corrected chi connectivity index (χ4v) is 0.904. The van der Waals surface area contributed by atoms with Gasteiger partial charge in [-0.1, -0.05) is 20.3 Å². The van der Waals surface area contributed by atoms with Crippen molar-refractivity contribution < 1.29 is 4.79 Å². The van der Waals surface area contributed by atoms with Crippen molar-refractivity contribution in [1.82, 2.24) is 0 Å². The van der Waals surface area contributed by atoms with Crippen LogP contribution < -0.4 is 0 Å². The molecule has 0 fully saturated rings. The minimum atomic E-state index is 0.0185. The lowest BCUT2D eigenvalue weighted by Gasteiger charge is -2.10. The lowest BCUT2D eigenvalue weighted by atomic mass is 9.92. The predicted molar refractivity (Wildman–Crippen MR) is 42.5 cm³/mol. The number of terminal acetylenes is 1. The third kappa shape index (κ3) is 2.68. The Balaban J connectivity index is 3.82. The van der Waals surface area contributed by atoms with Gasteiger partial charge in [0.1, 0.15) is 6.29 Å². The van der Waals surface area contributed by atoms with Gasteiger partial charge >= 0.3 is 0 Å². The van der Waals surface area contributed by atoms with Crippen LogP contribution >= 0.6 is 0 Å². The molecule has 56 valence electrons. The lowest BCUT2D eigenvalue weighted by Crippen LogP contribution is -2.10. The second-order valence-corrected chi connectivity index (χ2v) is 2.56. The number of hydrogen-bond donors (Lipinski definition) is 0. The normalized spacial score (nSPS) is 15.3. The van der Waals surface area contributed by atoms with Crippen LogP contribution in [0, 0.1) is 24.2 Å². The van der Waals surface area contributed by atoms with Gasteiger partial charge in [-0.15, -0.1) is 12.3 Å². The summed E-state index contributed by atoms with van der Waals surface area (Å²) < 4.78 is 0. The quantitative estimate of drug-likeness (QED) is 0.428. The van der Waals surface area contributed by atoms with Gasteiger partial charge in [-0.3, -0.25) is 0 Å². The molecule has 0 radical (unpaired) electrons. The van der Waals surface area contributed by atoms with Crippen LogP contribution in [-0.4, -0.2) is 6.29 Å². The van der Waals surface area contributed by atoms with Crippen molar-refractivity contribution in [2.75, 3.05) is 0 Å². The SMILES string of the molecule is C#CC(CCC)C(C)C=O. The molecule has 0 bridgehead atoms. The molecule has 0 aliphatic carbocycles. The molecule has 0 spiro atoms. The Kier molecular flexibility index (Phi) is 4.66. The minimum absolute atomic E-state index is 0.0185. The Morgan fingerprint density at radius 1 is 1.70 bits per heavy atom. The summed E-state index contributed by atoms with van der Waals surface area (Å²) in [5, 5.41) is 0. The van der Waals surface area contributed by atoms with Gasteiger partial charge in [0.15, 0.2) is 0 Å². The van der Waals surface area contributed by atoms with Gasteiger partial charge in [-0.2, -0.15) is 0 Å². The van der Waals surface area contributed by atoms with E-state index in [2.05, 4.69) is 12.8 Å². The molecule has 2 atom stereocenters. The highest BCUT2D eigenvalue weighted by molar-refractivity contribution is 5.54. The second kappa shape index (κ2) is 5.05. The van der Waals surface area contributed by atoms with E-state index in [-0.39, 0.29) is 11.8 Å². The van der Waals surface area contributed by atoms with Gasteiger partial charge in [-0.25, -0.2) is 0 Å². The van der Waals surface area contributed by atoms with Crippen LogP contribution in [0.4, 0.5) is 0 Å². The highest BCUT2D eigenvalue weighted by Gasteiger charge is 2.11. The molecule has 0 aromatic heterocycles. The fraction of sp³-hybridized carbons (Fsp3) is 0.667. The molecule has 10 heavy (non-hydrogen) atoms. The molecule has 0 N–H and O–H groups in total. The van der Waals surface area contributed by atoms with Crippen molar-refractivity contribution >= 4 is 6.29 Å². The maximum Gasteiger partial charge on any atom is 0.124 e. The van der Waals surface area contributed by atoms with Gasteiger partial charge in [0, 0.05) is 11.8 Å². The fourth-order valence-electron chi connectivity index (χ4n) is 0.904. The van der Waals surface area contributed by atoms with E-state index in [1.165, 1.54) is 0 Å². The molecule has 0 heterocycles. The standard InChI is InChI=1S/C9H14O/c1-4-6-9(5-2)8(3)7-10/h2,7-9H,4,6H2,1,3H3. The van der Waals surface area contributed by atoms with E-state index in [0.29, 0.717) is 0 Å². The predicted octanol–water partition coefficient (Wildman–Crippen LogP) is 1.87. The Morgan fingerprint density at radius 3 is 2.60 bits per heavy atom. The first-order valence-corrected chi connectivity index (χ1v) is 3.67. The highest BCUT2D eigenvalue weighted by Crippen LogP contribution is 2.13. The number of aldehydes is 1. The van der Waals surface area contributed by atoms with Crippen LogP contribution in [-0.2, 0) is 4.79 Å². The summed E-state index contributed by atoms with van der Waals surface area (Å²) in [4.78, 5) is 10.3. The molecule has 0 aliphatic heterocycles. The molecule has 0 rings (SSSR count). The molecule has 0 saturated carbocycles. The van der Waals surface area contributed by atoms with Crippen molar-refractivity contribution in [2.45, 2.75) is 26.7 Å². The largest absolute Gasteiger partial charge is 0.303 e. The van der Waals surface area contributed by atoms with Crippen LogP contribution in [0.5, 0.6) is 0 Å². The molecule has 0 saturated heterocycles. The average Bonchev–Trinajstić information content (AvgIpc) is 1.99. The van der Waals surface area contributed by atoms with Crippen molar-refractivity contribution in [3.05, 3.63) is 0 Å². The first-order valence-electron chi connectivity index (χ1n) is 3.67. The van der Waals surface area contributed by atoms with Gasteiger partial charge in [0.05, 0.1) is 0 Å². The van der Waals surface area contributed by atoms with Gasteiger partial charge in [0.25, 0.3) is 0 Å². The summed E-state index contributed by atoms with van der Waals surface area (Å²) >= 11 is 0. The number of rotatable bonds is 4. The molecule has 0 aromatic carbocycles. The third-order valence-electron chi connectivity index (χ3n) is 1.66. The van der Waals surface area contributed by atoms with E-state index in [1.807, 2.05) is 6.92 Å². The van der Waals surface area contributed by atoms with Gasteiger partial charge in [0.2, 0.25) is 0 Å². The van der Waals surface area contributed by atoms with E-state index in [1.54, 1.807) is 0 Å². The highest BCUT2D eigenvalue weighted by atomic mass is 16.1. The number of carbonyl (C=O) groups excluding carboxylic acids is 1. The van der Waals surface area contributed by atoms with Crippen LogP contribution in [0.15, 0.2) is 0 Å². The molecular weight excluding hydrogens is 124 g/mol. The summed E-state index contributed by atoms with van der Waals surface area (Å²) in [6.45, 7) is 3.94. The summed E-state index contributed by atoms with van der Waals surface area (Å²) in [5.41, 5.74) is 0. The second-order valence-electron chi connectivity index (χ2n) is 2.56. The van der Waals surface area contributed by atoms with Crippen molar-refractivity contribution in [1.29, 1.82) is 0 Å². The van der Waals surface area contributed by atoms with Crippen LogP contribution in [0.2, 0.25) is 0 Å². The van der Waals surface area contributed by atoms with Crippen molar-refractivity contribution in [2.24, 2.45) is 11.8 Å².